The average Bonchev–Trinajstić information content (AvgIpc) is 2.58. The van der Waals surface area contributed by atoms with Crippen LogP contribution in [-0.2, 0) is 11.2 Å². The Hall–Kier alpha value is -2.20. The molecular formula is C18H21ClN2O2. The van der Waals surface area contributed by atoms with E-state index in [1.807, 2.05) is 18.2 Å². The molecule has 0 fully saturated rings. The van der Waals surface area contributed by atoms with Gasteiger partial charge in [-0.1, -0.05) is 41.9 Å². The van der Waals surface area contributed by atoms with E-state index in [0.717, 1.165) is 12.8 Å². The maximum Gasteiger partial charge on any atom is 0.239 e. The maximum atomic E-state index is 11.9. The molecule has 0 aliphatic carbocycles. The van der Waals surface area contributed by atoms with Gasteiger partial charge in [-0.2, -0.15) is 0 Å². The van der Waals surface area contributed by atoms with Crippen molar-refractivity contribution in [3.8, 4) is 5.75 Å². The van der Waals surface area contributed by atoms with Crippen LogP contribution in [0.1, 0.15) is 12.0 Å². The molecule has 0 atom stereocenters. The number of rotatable bonds is 8. The number of methoxy groups -OCH3 is 1. The lowest BCUT2D eigenvalue weighted by Crippen LogP contribution is -2.30. The van der Waals surface area contributed by atoms with Crippen molar-refractivity contribution in [2.45, 2.75) is 12.8 Å². The van der Waals surface area contributed by atoms with Gasteiger partial charge < -0.3 is 15.4 Å². The molecule has 0 radical (unpaired) electrons. The fourth-order valence-corrected chi connectivity index (χ4v) is 2.39. The van der Waals surface area contributed by atoms with Crippen molar-refractivity contribution < 1.29 is 9.53 Å². The Morgan fingerprint density at radius 1 is 1.17 bits per heavy atom. The molecule has 2 rings (SSSR count). The minimum atomic E-state index is -0.0555. The van der Waals surface area contributed by atoms with Gasteiger partial charge in [0.15, 0.2) is 0 Å². The lowest BCUT2D eigenvalue weighted by atomic mass is 10.1. The van der Waals surface area contributed by atoms with Crippen LogP contribution in [0.4, 0.5) is 5.69 Å². The summed E-state index contributed by atoms with van der Waals surface area (Å²) in [6, 6.07) is 15.5. The summed E-state index contributed by atoms with van der Waals surface area (Å²) in [5.41, 5.74) is 1.99. The molecule has 0 spiro atoms. The summed E-state index contributed by atoms with van der Waals surface area (Å²) in [5, 5.41) is 6.54. The van der Waals surface area contributed by atoms with Gasteiger partial charge in [0.05, 0.1) is 19.3 Å². The Bertz CT molecular complexity index is 632. The molecular weight excluding hydrogens is 312 g/mol. The summed E-state index contributed by atoms with van der Waals surface area (Å²) in [5.74, 6) is 0.603. The molecule has 122 valence electrons. The molecule has 2 aromatic rings. The number of anilines is 1. The third kappa shape index (κ3) is 5.83. The van der Waals surface area contributed by atoms with E-state index in [1.165, 1.54) is 5.56 Å². The van der Waals surface area contributed by atoms with E-state index < -0.39 is 0 Å². The topological polar surface area (TPSA) is 50.4 Å². The lowest BCUT2D eigenvalue weighted by Gasteiger charge is -2.11. The zero-order chi connectivity index (χ0) is 16.5. The van der Waals surface area contributed by atoms with Crippen LogP contribution in [0.3, 0.4) is 0 Å². The van der Waals surface area contributed by atoms with Crippen LogP contribution < -0.4 is 15.4 Å². The van der Waals surface area contributed by atoms with Crippen LogP contribution in [0.5, 0.6) is 5.75 Å². The van der Waals surface area contributed by atoms with E-state index >= 15 is 0 Å². The number of halogens is 1. The fraction of sp³-hybridized carbons (Fsp3) is 0.278. The Kier molecular flexibility index (Phi) is 6.76. The predicted octanol–water partition coefficient (Wildman–Crippen LogP) is 3.51. The van der Waals surface area contributed by atoms with E-state index in [2.05, 4.69) is 22.8 Å². The molecule has 1 amide bonds. The van der Waals surface area contributed by atoms with E-state index in [1.54, 1.807) is 25.3 Å². The SMILES string of the molecule is COc1ccc(Cl)cc1NCC(=O)NCCCc1ccccc1. The van der Waals surface area contributed by atoms with E-state index in [4.69, 9.17) is 16.3 Å². The number of aryl methyl sites for hydroxylation is 1. The molecule has 5 heteroatoms. The first-order valence-corrected chi connectivity index (χ1v) is 7.95. The summed E-state index contributed by atoms with van der Waals surface area (Å²) in [6.07, 6.45) is 1.87. The smallest absolute Gasteiger partial charge is 0.239 e. The normalized spacial score (nSPS) is 10.2. The van der Waals surface area contributed by atoms with Crippen molar-refractivity contribution in [1.82, 2.24) is 5.32 Å². The number of carbonyl (C=O) groups is 1. The van der Waals surface area contributed by atoms with Crippen molar-refractivity contribution in [2.24, 2.45) is 0 Å². The van der Waals surface area contributed by atoms with E-state index in [0.29, 0.717) is 23.0 Å². The number of hydrogen-bond acceptors (Lipinski definition) is 3. The zero-order valence-corrected chi connectivity index (χ0v) is 13.9. The van der Waals surface area contributed by atoms with E-state index in [-0.39, 0.29) is 12.5 Å². The molecule has 0 aliphatic heterocycles. The second-order valence-electron chi connectivity index (χ2n) is 5.14. The summed E-state index contributed by atoms with van der Waals surface area (Å²) in [6.45, 7) is 0.837. The molecule has 0 heterocycles. The summed E-state index contributed by atoms with van der Waals surface area (Å²) < 4.78 is 5.23. The third-order valence-corrected chi connectivity index (χ3v) is 3.64. The summed E-state index contributed by atoms with van der Waals surface area (Å²) >= 11 is 5.95. The van der Waals surface area contributed by atoms with Gasteiger partial charge in [-0.15, -0.1) is 0 Å². The molecule has 2 aromatic carbocycles. The second kappa shape index (κ2) is 9.06. The molecule has 23 heavy (non-hydrogen) atoms. The highest BCUT2D eigenvalue weighted by molar-refractivity contribution is 6.30. The van der Waals surface area contributed by atoms with Gasteiger partial charge in [0, 0.05) is 11.6 Å². The molecule has 2 N–H and O–H groups in total. The quantitative estimate of drug-likeness (QED) is 0.727. The Morgan fingerprint density at radius 2 is 1.96 bits per heavy atom. The molecule has 0 aliphatic rings. The fourth-order valence-electron chi connectivity index (χ4n) is 2.22. The van der Waals surface area contributed by atoms with Crippen LogP contribution in [0, 0.1) is 0 Å². The highest BCUT2D eigenvalue weighted by Gasteiger charge is 2.06. The number of hydrogen-bond donors (Lipinski definition) is 2. The van der Waals surface area contributed by atoms with Crippen LogP contribution >= 0.6 is 11.6 Å². The number of ether oxygens (including phenoxy) is 1. The first kappa shape index (κ1) is 17.2. The van der Waals surface area contributed by atoms with Crippen LogP contribution in [-0.4, -0.2) is 26.1 Å². The maximum absolute atomic E-state index is 11.9. The number of benzene rings is 2. The molecule has 0 saturated heterocycles. The Morgan fingerprint density at radius 3 is 2.70 bits per heavy atom. The molecule has 0 saturated carbocycles. The van der Waals surface area contributed by atoms with Gasteiger partial charge in [-0.05, 0) is 36.6 Å². The molecule has 0 bridgehead atoms. The Labute approximate surface area is 141 Å². The van der Waals surface area contributed by atoms with Crippen molar-refractivity contribution in [1.29, 1.82) is 0 Å². The van der Waals surface area contributed by atoms with Crippen LogP contribution in [0.25, 0.3) is 0 Å². The summed E-state index contributed by atoms with van der Waals surface area (Å²) in [4.78, 5) is 11.9. The monoisotopic (exact) mass is 332 g/mol. The third-order valence-electron chi connectivity index (χ3n) is 3.41. The minimum Gasteiger partial charge on any atom is -0.495 e. The molecule has 0 unspecified atom stereocenters. The van der Waals surface area contributed by atoms with E-state index in [9.17, 15) is 4.79 Å². The molecule has 0 aromatic heterocycles. The van der Waals surface area contributed by atoms with Gasteiger partial charge >= 0.3 is 0 Å². The lowest BCUT2D eigenvalue weighted by molar-refractivity contribution is -0.119. The first-order valence-electron chi connectivity index (χ1n) is 7.57. The predicted molar refractivity (Wildman–Crippen MR) is 94.3 cm³/mol. The first-order chi connectivity index (χ1) is 11.2. The van der Waals surface area contributed by atoms with Crippen molar-refractivity contribution >= 4 is 23.2 Å². The van der Waals surface area contributed by atoms with Crippen molar-refractivity contribution in [3.05, 3.63) is 59.1 Å². The second-order valence-corrected chi connectivity index (χ2v) is 5.57. The zero-order valence-electron chi connectivity index (χ0n) is 13.1. The number of carbonyl (C=O) groups excluding carboxylic acids is 1. The number of nitrogens with one attached hydrogen (secondary N) is 2. The highest BCUT2D eigenvalue weighted by atomic mass is 35.5. The number of amides is 1. The van der Waals surface area contributed by atoms with Gasteiger partial charge in [-0.25, -0.2) is 0 Å². The summed E-state index contributed by atoms with van der Waals surface area (Å²) in [7, 11) is 1.58. The molecule has 4 nitrogen and oxygen atoms in total. The Balaban J connectivity index is 1.70. The standard InChI is InChI=1S/C18H21ClN2O2/c1-23-17-10-9-15(19)12-16(17)21-13-18(22)20-11-5-8-14-6-3-2-4-7-14/h2-4,6-7,9-10,12,21H,5,8,11,13H2,1H3,(H,20,22). The van der Waals surface area contributed by atoms with Crippen LogP contribution in [0.15, 0.2) is 48.5 Å². The van der Waals surface area contributed by atoms with Crippen molar-refractivity contribution in [2.75, 3.05) is 25.5 Å². The average molecular weight is 333 g/mol. The van der Waals surface area contributed by atoms with Crippen LogP contribution in [0.2, 0.25) is 5.02 Å². The van der Waals surface area contributed by atoms with Gasteiger partial charge in [0.25, 0.3) is 0 Å². The largest absolute Gasteiger partial charge is 0.495 e. The van der Waals surface area contributed by atoms with Crippen molar-refractivity contribution in [3.63, 3.8) is 0 Å². The minimum absolute atomic E-state index is 0.0555. The van der Waals surface area contributed by atoms with Gasteiger partial charge in [-0.3, -0.25) is 4.79 Å². The van der Waals surface area contributed by atoms with Gasteiger partial charge in [0.2, 0.25) is 5.91 Å². The highest BCUT2D eigenvalue weighted by Crippen LogP contribution is 2.27. The van der Waals surface area contributed by atoms with Gasteiger partial charge in [0.1, 0.15) is 5.75 Å².